The molecule has 0 atom stereocenters. The lowest BCUT2D eigenvalue weighted by atomic mass is 10.1. The summed E-state index contributed by atoms with van der Waals surface area (Å²) in [6, 6.07) is 17.4. The van der Waals surface area contributed by atoms with Crippen LogP contribution in [-0.4, -0.2) is 4.98 Å². The minimum atomic E-state index is 0.590. The summed E-state index contributed by atoms with van der Waals surface area (Å²) in [5, 5.41) is 1.65. The largest absolute Gasteiger partial charge is 0.439 e. The van der Waals surface area contributed by atoms with Gasteiger partial charge in [0.05, 0.1) is 10.5 Å². The summed E-state index contributed by atoms with van der Waals surface area (Å²) in [7, 11) is 0. The van der Waals surface area contributed by atoms with Gasteiger partial charge in [-0.25, -0.2) is 4.98 Å². The molecule has 2 aromatic carbocycles. The third kappa shape index (κ3) is 2.40. The summed E-state index contributed by atoms with van der Waals surface area (Å²) in [4.78, 5) is 4.52. The number of para-hydroxylation sites is 2. The van der Waals surface area contributed by atoms with E-state index in [1.54, 1.807) is 0 Å². The predicted molar refractivity (Wildman–Crippen MR) is 78.0 cm³/mol. The lowest BCUT2D eigenvalue weighted by Crippen LogP contribution is -1.92. The fourth-order valence-corrected chi connectivity index (χ4v) is 2.18. The molecule has 19 heavy (non-hydrogen) atoms. The second-order valence-electron chi connectivity index (χ2n) is 4.34. The van der Waals surface area contributed by atoms with E-state index in [-0.39, 0.29) is 0 Å². The number of hydrogen-bond acceptors (Lipinski definition) is 2. The Kier molecular flexibility index (Phi) is 3.10. The first kappa shape index (κ1) is 12.0. The SMILES string of the molecule is Cc1cc2cccc(Cl)c2nc1Oc1ccccc1. The molecule has 0 amide bonds. The van der Waals surface area contributed by atoms with Crippen LogP contribution in [-0.2, 0) is 0 Å². The second-order valence-corrected chi connectivity index (χ2v) is 4.74. The molecule has 0 fully saturated rings. The third-order valence-corrected chi connectivity index (χ3v) is 3.20. The predicted octanol–water partition coefficient (Wildman–Crippen LogP) is 4.99. The number of rotatable bonds is 2. The molecule has 0 N–H and O–H groups in total. The summed E-state index contributed by atoms with van der Waals surface area (Å²) < 4.78 is 5.80. The van der Waals surface area contributed by atoms with Crippen molar-refractivity contribution in [1.29, 1.82) is 0 Å². The number of hydrogen-bond donors (Lipinski definition) is 0. The number of halogens is 1. The van der Waals surface area contributed by atoms with E-state index >= 15 is 0 Å². The van der Waals surface area contributed by atoms with Crippen molar-refractivity contribution in [3.63, 3.8) is 0 Å². The standard InChI is InChI=1S/C16H12ClNO/c1-11-10-12-6-5-9-14(17)15(12)18-16(11)19-13-7-3-2-4-8-13/h2-10H,1H3. The molecule has 94 valence electrons. The van der Waals surface area contributed by atoms with Crippen molar-refractivity contribution in [2.45, 2.75) is 6.92 Å². The Balaban J connectivity index is 2.09. The van der Waals surface area contributed by atoms with Gasteiger partial charge in [0.15, 0.2) is 0 Å². The number of benzene rings is 2. The van der Waals surface area contributed by atoms with E-state index in [1.165, 1.54) is 0 Å². The lowest BCUT2D eigenvalue weighted by Gasteiger charge is -2.09. The topological polar surface area (TPSA) is 22.1 Å². The van der Waals surface area contributed by atoms with Crippen LogP contribution in [0.15, 0.2) is 54.6 Å². The zero-order valence-electron chi connectivity index (χ0n) is 10.4. The highest BCUT2D eigenvalue weighted by molar-refractivity contribution is 6.35. The third-order valence-electron chi connectivity index (χ3n) is 2.90. The summed E-state index contributed by atoms with van der Waals surface area (Å²) in [6.45, 7) is 1.98. The number of fused-ring (bicyclic) bond motifs is 1. The lowest BCUT2D eigenvalue weighted by molar-refractivity contribution is 0.461. The van der Waals surface area contributed by atoms with Gasteiger partial charge in [-0.3, -0.25) is 0 Å². The molecule has 0 aliphatic heterocycles. The molecule has 2 nitrogen and oxygen atoms in total. The molecule has 3 heteroatoms. The molecule has 0 unspecified atom stereocenters. The van der Waals surface area contributed by atoms with E-state index in [4.69, 9.17) is 16.3 Å². The highest BCUT2D eigenvalue weighted by atomic mass is 35.5. The zero-order valence-corrected chi connectivity index (χ0v) is 11.2. The Morgan fingerprint density at radius 2 is 1.79 bits per heavy atom. The summed E-state index contributed by atoms with van der Waals surface area (Å²) in [6.07, 6.45) is 0. The van der Waals surface area contributed by atoms with Crippen LogP contribution in [0.1, 0.15) is 5.56 Å². The van der Waals surface area contributed by atoms with Crippen molar-refractivity contribution in [3.8, 4) is 11.6 Å². The maximum atomic E-state index is 6.17. The highest BCUT2D eigenvalue weighted by Crippen LogP contribution is 2.29. The van der Waals surface area contributed by atoms with E-state index < -0.39 is 0 Å². The molecule has 0 radical (unpaired) electrons. The van der Waals surface area contributed by atoms with Crippen molar-refractivity contribution in [2.24, 2.45) is 0 Å². The fourth-order valence-electron chi connectivity index (χ4n) is 1.95. The van der Waals surface area contributed by atoms with Gasteiger partial charge in [-0.1, -0.05) is 41.9 Å². The van der Waals surface area contributed by atoms with Gasteiger partial charge in [-0.15, -0.1) is 0 Å². The van der Waals surface area contributed by atoms with Crippen LogP contribution in [0.4, 0.5) is 0 Å². The summed E-state index contributed by atoms with van der Waals surface area (Å²) >= 11 is 6.17. The Labute approximate surface area is 116 Å². The molecule has 0 spiro atoms. The van der Waals surface area contributed by atoms with Gasteiger partial charge < -0.3 is 4.74 Å². The Hall–Kier alpha value is -2.06. The van der Waals surface area contributed by atoms with Crippen molar-refractivity contribution < 1.29 is 4.74 Å². The van der Waals surface area contributed by atoms with Gasteiger partial charge in [-0.2, -0.15) is 0 Å². The Morgan fingerprint density at radius 1 is 1.00 bits per heavy atom. The van der Waals surface area contributed by atoms with Crippen LogP contribution >= 0.6 is 11.6 Å². The normalized spacial score (nSPS) is 10.6. The zero-order chi connectivity index (χ0) is 13.2. The minimum absolute atomic E-state index is 0.590. The van der Waals surface area contributed by atoms with Gasteiger partial charge in [0.2, 0.25) is 5.88 Å². The van der Waals surface area contributed by atoms with E-state index in [2.05, 4.69) is 4.98 Å². The van der Waals surface area contributed by atoms with E-state index in [1.807, 2.05) is 61.5 Å². The van der Waals surface area contributed by atoms with Gasteiger partial charge >= 0.3 is 0 Å². The van der Waals surface area contributed by atoms with Crippen LogP contribution in [0.25, 0.3) is 10.9 Å². The van der Waals surface area contributed by atoms with Gasteiger partial charge in [0.25, 0.3) is 0 Å². The van der Waals surface area contributed by atoms with Gasteiger partial charge in [0.1, 0.15) is 5.75 Å². The van der Waals surface area contributed by atoms with Crippen LogP contribution < -0.4 is 4.74 Å². The highest BCUT2D eigenvalue weighted by Gasteiger charge is 2.08. The number of nitrogens with zero attached hydrogens (tertiary/aromatic N) is 1. The first-order valence-electron chi connectivity index (χ1n) is 6.03. The number of aromatic nitrogens is 1. The number of aryl methyl sites for hydroxylation is 1. The molecular formula is C16H12ClNO. The average Bonchev–Trinajstić information content (AvgIpc) is 2.42. The molecule has 1 aromatic heterocycles. The molecule has 3 aromatic rings. The van der Waals surface area contributed by atoms with Crippen molar-refractivity contribution in [3.05, 3.63) is 65.2 Å². The number of pyridine rings is 1. The molecule has 1 heterocycles. The first-order valence-corrected chi connectivity index (χ1v) is 6.40. The maximum Gasteiger partial charge on any atom is 0.222 e. The van der Waals surface area contributed by atoms with Crippen LogP contribution in [0.3, 0.4) is 0 Å². The van der Waals surface area contributed by atoms with Crippen LogP contribution in [0, 0.1) is 6.92 Å². The van der Waals surface area contributed by atoms with E-state index in [0.29, 0.717) is 10.9 Å². The summed E-state index contributed by atoms with van der Waals surface area (Å²) in [5.41, 5.74) is 1.75. The monoisotopic (exact) mass is 269 g/mol. The molecule has 0 aliphatic rings. The van der Waals surface area contributed by atoms with Crippen molar-refractivity contribution in [1.82, 2.24) is 4.98 Å². The molecule has 0 saturated heterocycles. The summed E-state index contributed by atoms with van der Waals surface area (Å²) in [5.74, 6) is 1.36. The fraction of sp³-hybridized carbons (Fsp3) is 0.0625. The number of ether oxygens (including phenoxy) is 1. The maximum absolute atomic E-state index is 6.17. The average molecular weight is 270 g/mol. The Morgan fingerprint density at radius 3 is 2.58 bits per heavy atom. The quantitative estimate of drug-likeness (QED) is 0.654. The molecule has 3 rings (SSSR count). The molecular weight excluding hydrogens is 258 g/mol. The molecule has 0 aliphatic carbocycles. The first-order chi connectivity index (χ1) is 9.24. The molecule has 0 bridgehead atoms. The van der Waals surface area contributed by atoms with Crippen LogP contribution in [0.2, 0.25) is 5.02 Å². The van der Waals surface area contributed by atoms with Crippen LogP contribution in [0.5, 0.6) is 11.6 Å². The minimum Gasteiger partial charge on any atom is -0.439 e. The van der Waals surface area contributed by atoms with Gasteiger partial charge in [0, 0.05) is 10.9 Å². The van der Waals surface area contributed by atoms with Crippen molar-refractivity contribution >= 4 is 22.5 Å². The van der Waals surface area contributed by atoms with Gasteiger partial charge in [-0.05, 0) is 31.2 Å². The van der Waals surface area contributed by atoms with E-state index in [9.17, 15) is 0 Å². The molecule has 0 saturated carbocycles. The van der Waals surface area contributed by atoms with E-state index in [0.717, 1.165) is 22.2 Å². The second kappa shape index (κ2) is 4.90. The smallest absolute Gasteiger partial charge is 0.222 e. The van der Waals surface area contributed by atoms with Crippen molar-refractivity contribution in [2.75, 3.05) is 0 Å². The Bertz CT molecular complexity index is 725.